The van der Waals surface area contributed by atoms with Gasteiger partial charge in [-0.1, -0.05) is 104 Å². The largest absolute Gasteiger partial charge is 0.416 e. The standard InChI is InChI=1S/C21H39NO2/c1-3-4-5-6-7-8-9-10-11-12-13-14-15-16-17-19(2)20-18-22-21(23)24-20/h18-19H,3-17H2,1-2H3,(H,22,23). The minimum atomic E-state index is -0.335. The molecule has 1 rings (SSSR count). The average molecular weight is 338 g/mol. The summed E-state index contributed by atoms with van der Waals surface area (Å²) in [6, 6.07) is 0. The quantitative estimate of drug-likeness (QED) is 0.332. The fraction of sp³-hybridized carbons (Fsp3) is 0.857. The lowest BCUT2D eigenvalue weighted by atomic mass is 9.99. The van der Waals surface area contributed by atoms with Crippen LogP contribution in [0.3, 0.4) is 0 Å². The van der Waals surface area contributed by atoms with Gasteiger partial charge in [0.25, 0.3) is 0 Å². The first-order chi connectivity index (χ1) is 11.7. The molecule has 0 aliphatic heterocycles. The van der Waals surface area contributed by atoms with Crippen LogP contribution in [0.2, 0.25) is 0 Å². The third kappa shape index (κ3) is 10.7. The fourth-order valence-electron chi connectivity index (χ4n) is 3.33. The molecule has 0 amide bonds. The van der Waals surface area contributed by atoms with Crippen LogP contribution in [0.25, 0.3) is 0 Å². The summed E-state index contributed by atoms with van der Waals surface area (Å²) in [4.78, 5) is 13.6. The van der Waals surface area contributed by atoms with Gasteiger partial charge in [-0.25, -0.2) is 4.79 Å². The highest BCUT2D eigenvalue weighted by molar-refractivity contribution is 4.96. The molecule has 0 aliphatic rings. The lowest BCUT2D eigenvalue weighted by molar-refractivity contribution is 0.423. The molecule has 1 aromatic rings. The third-order valence-corrected chi connectivity index (χ3v) is 5.02. The maximum atomic E-state index is 11.0. The van der Waals surface area contributed by atoms with Crippen molar-refractivity contribution in [1.29, 1.82) is 0 Å². The predicted molar refractivity (Wildman–Crippen MR) is 103 cm³/mol. The highest BCUT2D eigenvalue weighted by Gasteiger charge is 2.09. The highest BCUT2D eigenvalue weighted by Crippen LogP contribution is 2.21. The molecule has 0 saturated heterocycles. The van der Waals surface area contributed by atoms with Gasteiger partial charge in [-0.15, -0.1) is 0 Å². The minimum Gasteiger partial charge on any atom is -0.413 e. The molecule has 0 bridgehead atoms. The summed E-state index contributed by atoms with van der Waals surface area (Å²) in [5, 5.41) is 0. The normalized spacial score (nSPS) is 12.6. The number of H-pyrrole nitrogens is 1. The maximum absolute atomic E-state index is 11.0. The Bertz CT molecular complexity index is 435. The summed E-state index contributed by atoms with van der Waals surface area (Å²) >= 11 is 0. The van der Waals surface area contributed by atoms with E-state index in [-0.39, 0.29) is 5.76 Å². The monoisotopic (exact) mass is 337 g/mol. The SMILES string of the molecule is CCCCCCCCCCCCCCCCC(C)c1c[nH]c(=O)o1. The molecule has 1 N–H and O–H groups in total. The van der Waals surface area contributed by atoms with Crippen LogP contribution in [0.15, 0.2) is 15.4 Å². The van der Waals surface area contributed by atoms with E-state index in [2.05, 4.69) is 18.8 Å². The number of unbranched alkanes of at least 4 members (excludes halogenated alkanes) is 13. The Kier molecular flexibility index (Phi) is 12.6. The molecule has 1 heterocycles. The van der Waals surface area contributed by atoms with Crippen LogP contribution >= 0.6 is 0 Å². The van der Waals surface area contributed by atoms with Crippen molar-refractivity contribution in [2.45, 2.75) is 116 Å². The number of nitrogens with one attached hydrogen (secondary N) is 1. The van der Waals surface area contributed by atoms with Crippen LogP contribution in [-0.2, 0) is 0 Å². The zero-order valence-corrected chi connectivity index (χ0v) is 16.1. The molecule has 0 radical (unpaired) electrons. The van der Waals surface area contributed by atoms with E-state index in [0.717, 1.165) is 12.2 Å². The first kappa shape index (κ1) is 21.1. The van der Waals surface area contributed by atoms with Crippen molar-refractivity contribution in [3.8, 4) is 0 Å². The highest BCUT2D eigenvalue weighted by atomic mass is 16.4. The van der Waals surface area contributed by atoms with Crippen molar-refractivity contribution in [2.75, 3.05) is 0 Å². The Morgan fingerprint density at radius 2 is 1.29 bits per heavy atom. The zero-order valence-electron chi connectivity index (χ0n) is 16.1. The number of aromatic amines is 1. The summed E-state index contributed by atoms with van der Waals surface area (Å²) in [7, 11) is 0. The number of aromatic nitrogens is 1. The Labute approximate surface area is 148 Å². The van der Waals surface area contributed by atoms with Crippen molar-refractivity contribution in [2.24, 2.45) is 0 Å². The molecule has 1 aromatic heterocycles. The Balaban J connectivity index is 1.80. The lowest BCUT2D eigenvalue weighted by Gasteiger charge is -2.07. The Morgan fingerprint density at radius 3 is 1.71 bits per heavy atom. The van der Waals surface area contributed by atoms with E-state index in [1.807, 2.05) is 0 Å². The molecule has 3 heteroatoms. The second-order valence-corrected chi connectivity index (χ2v) is 7.37. The number of rotatable bonds is 16. The van der Waals surface area contributed by atoms with E-state index >= 15 is 0 Å². The van der Waals surface area contributed by atoms with Crippen molar-refractivity contribution >= 4 is 0 Å². The first-order valence-electron chi connectivity index (χ1n) is 10.4. The van der Waals surface area contributed by atoms with Crippen LogP contribution < -0.4 is 5.76 Å². The topological polar surface area (TPSA) is 46.0 Å². The summed E-state index contributed by atoms with van der Waals surface area (Å²) < 4.78 is 5.10. The molecule has 1 atom stereocenters. The smallest absolute Gasteiger partial charge is 0.413 e. The minimum absolute atomic E-state index is 0.335. The predicted octanol–water partition coefficient (Wildman–Crippen LogP) is 6.94. The molecule has 0 fully saturated rings. The van der Waals surface area contributed by atoms with E-state index in [0.29, 0.717) is 5.92 Å². The molecule has 3 nitrogen and oxygen atoms in total. The fourth-order valence-corrected chi connectivity index (χ4v) is 3.33. The summed E-state index contributed by atoms with van der Waals surface area (Å²) in [6.07, 6.45) is 22.3. The van der Waals surface area contributed by atoms with Gasteiger partial charge in [0.1, 0.15) is 5.76 Å². The molecule has 1 unspecified atom stereocenters. The van der Waals surface area contributed by atoms with Crippen LogP contribution in [0, 0.1) is 0 Å². The number of oxazole rings is 1. The van der Waals surface area contributed by atoms with Gasteiger partial charge in [0, 0.05) is 12.1 Å². The van der Waals surface area contributed by atoms with Gasteiger partial charge in [-0.2, -0.15) is 0 Å². The van der Waals surface area contributed by atoms with E-state index in [1.165, 1.54) is 89.9 Å². The number of hydrogen-bond donors (Lipinski definition) is 1. The van der Waals surface area contributed by atoms with E-state index in [1.54, 1.807) is 6.20 Å². The first-order valence-corrected chi connectivity index (χ1v) is 10.4. The van der Waals surface area contributed by atoms with Gasteiger partial charge in [0.15, 0.2) is 0 Å². The molecule has 0 spiro atoms. The van der Waals surface area contributed by atoms with Crippen molar-refractivity contribution < 1.29 is 4.42 Å². The van der Waals surface area contributed by atoms with Gasteiger partial charge in [-0.3, -0.25) is 4.98 Å². The van der Waals surface area contributed by atoms with Crippen molar-refractivity contribution in [1.82, 2.24) is 4.98 Å². The Morgan fingerprint density at radius 1 is 0.833 bits per heavy atom. The maximum Gasteiger partial charge on any atom is 0.416 e. The molecule has 140 valence electrons. The second kappa shape index (κ2) is 14.4. The molecule has 24 heavy (non-hydrogen) atoms. The molecule has 0 saturated carbocycles. The van der Waals surface area contributed by atoms with Gasteiger partial charge in [0.05, 0.1) is 0 Å². The third-order valence-electron chi connectivity index (χ3n) is 5.02. The van der Waals surface area contributed by atoms with Gasteiger partial charge in [-0.05, 0) is 6.42 Å². The van der Waals surface area contributed by atoms with E-state index in [4.69, 9.17) is 4.42 Å². The molecular weight excluding hydrogens is 298 g/mol. The van der Waals surface area contributed by atoms with Crippen LogP contribution in [0.5, 0.6) is 0 Å². The van der Waals surface area contributed by atoms with Gasteiger partial charge < -0.3 is 4.42 Å². The van der Waals surface area contributed by atoms with Gasteiger partial charge >= 0.3 is 5.76 Å². The molecular formula is C21H39NO2. The van der Waals surface area contributed by atoms with Gasteiger partial charge in [0.2, 0.25) is 0 Å². The summed E-state index contributed by atoms with van der Waals surface area (Å²) in [5.74, 6) is 0.814. The van der Waals surface area contributed by atoms with E-state index < -0.39 is 0 Å². The second-order valence-electron chi connectivity index (χ2n) is 7.37. The summed E-state index contributed by atoms with van der Waals surface area (Å²) in [5.41, 5.74) is 0. The number of hydrogen-bond acceptors (Lipinski definition) is 2. The van der Waals surface area contributed by atoms with Crippen molar-refractivity contribution in [3.63, 3.8) is 0 Å². The average Bonchev–Trinajstić information content (AvgIpc) is 3.01. The summed E-state index contributed by atoms with van der Waals surface area (Å²) in [6.45, 7) is 4.41. The van der Waals surface area contributed by atoms with Crippen LogP contribution in [0.1, 0.15) is 122 Å². The molecule has 0 aromatic carbocycles. The van der Waals surface area contributed by atoms with Crippen LogP contribution in [0.4, 0.5) is 0 Å². The Hall–Kier alpha value is -0.990. The molecule has 0 aliphatic carbocycles. The lowest BCUT2D eigenvalue weighted by Crippen LogP contribution is -1.95. The van der Waals surface area contributed by atoms with Crippen molar-refractivity contribution in [3.05, 3.63) is 22.5 Å². The zero-order chi connectivity index (χ0) is 17.5. The van der Waals surface area contributed by atoms with E-state index in [9.17, 15) is 4.79 Å². The van der Waals surface area contributed by atoms with Crippen LogP contribution in [-0.4, -0.2) is 4.98 Å².